The second kappa shape index (κ2) is 8.93. The van der Waals surface area contributed by atoms with E-state index in [1.54, 1.807) is 23.5 Å². The third kappa shape index (κ3) is 5.22. The van der Waals surface area contributed by atoms with Crippen molar-refractivity contribution >= 4 is 56.4 Å². The maximum atomic E-state index is 13.3. The largest absolute Gasteiger partial charge is 0.381 e. The third-order valence-electron chi connectivity index (χ3n) is 4.86. The lowest BCUT2D eigenvalue weighted by atomic mass is 10.1. The number of nitrogens with zero attached hydrogens (tertiary/aromatic N) is 3. The minimum atomic E-state index is -1.65. The minimum absolute atomic E-state index is 0.0322. The fraction of sp³-hybridized carbons (Fsp3) is 0.217. The number of thiazole rings is 1. The lowest BCUT2D eigenvalue weighted by molar-refractivity contribution is -0.130. The Hall–Kier alpha value is -3.27. The van der Waals surface area contributed by atoms with Crippen molar-refractivity contribution in [3.8, 4) is 0 Å². The molecule has 0 radical (unpaired) electrons. The van der Waals surface area contributed by atoms with Gasteiger partial charge in [0.05, 0.1) is 28.0 Å². The zero-order valence-corrected chi connectivity index (χ0v) is 19.8. The number of carbonyl (C=O) groups excluding carboxylic acids is 1. The summed E-state index contributed by atoms with van der Waals surface area (Å²) in [5.74, 6) is -0.400. The van der Waals surface area contributed by atoms with Gasteiger partial charge in [-0.15, -0.1) is 11.3 Å². The molecule has 0 fully saturated rings. The van der Waals surface area contributed by atoms with E-state index in [9.17, 15) is 14.7 Å². The molecule has 8 nitrogen and oxygen atoms in total. The van der Waals surface area contributed by atoms with E-state index >= 15 is 0 Å². The van der Waals surface area contributed by atoms with Crippen LogP contribution in [0.2, 0.25) is 5.02 Å². The van der Waals surface area contributed by atoms with Gasteiger partial charge in [0.2, 0.25) is 5.95 Å². The van der Waals surface area contributed by atoms with Crippen LogP contribution in [-0.2, 0) is 11.3 Å². The van der Waals surface area contributed by atoms with E-state index in [0.29, 0.717) is 11.0 Å². The molecule has 4 rings (SSSR count). The quantitative estimate of drug-likeness (QED) is 0.377. The Morgan fingerprint density at radius 1 is 1.21 bits per heavy atom. The van der Waals surface area contributed by atoms with Crippen molar-refractivity contribution in [3.05, 3.63) is 74.6 Å². The van der Waals surface area contributed by atoms with Crippen molar-refractivity contribution < 1.29 is 9.90 Å². The van der Waals surface area contributed by atoms with Gasteiger partial charge in [-0.05, 0) is 56.7 Å². The average molecular weight is 484 g/mol. The predicted octanol–water partition coefficient (Wildman–Crippen LogP) is 4.32. The molecule has 170 valence electrons. The maximum Gasteiger partial charge on any atom is 0.279 e. The van der Waals surface area contributed by atoms with Gasteiger partial charge in [-0.2, -0.15) is 0 Å². The molecule has 0 aliphatic rings. The highest BCUT2D eigenvalue weighted by atomic mass is 35.5. The highest BCUT2D eigenvalue weighted by molar-refractivity contribution is 7.18. The number of hydrogen-bond acceptors (Lipinski definition) is 7. The number of anilines is 3. The van der Waals surface area contributed by atoms with Gasteiger partial charge in [-0.25, -0.2) is 9.97 Å². The maximum absolute atomic E-state index is 13.3. The summed E-state index contributed by atoms with van der Waals surface area (Å²) in [6.45, 7) is 4.83. The Kier molecular flexibility index (Phi) is 6.20. The van der Waals surface area contributed by atoms with Crippen LogP contribution in [0.25, 0.3) is 10.2 Å². The highest BCUT2D eigenvalue weighted by Gasteiger charge is 2.25. The Bertz CT molecular complexity index is 1390. The van der Waals surface area contributed by atoms with Gasteiger partial charge >= 0.3 is 0 Å². The van der Waals surface area contributed by atoms with Gasteiger partial charge in [-0.3, -0.25) is 14.2 Å². The zero-order valence-electron chi connectivity index (χ0n) is 18.2. The third-order valence-corrected chi connectivity index (χ3v) is 6.04. The van der Waals surface area contributed by atoms with Crippen molar-refractivity contribution in [1.82, 2.24) is 14.5 Å². The van der Waals surface area contributed by atoms with Gasteiger partial charge in [0.1, 0.15) is 11.3 Å². The van der Waals surface area contributed by atoms with Crippen molar-refractivity contribution in [2.75, 3.05) is 10.6 Å². The smallest absolute Gasteiger partial charge is 0.279 e. The average Bonchev–Trinajstić information content (AvgIpc) is 3.12. The molecule has 2 aromatic heterocycles. The molecule has 2 aromatic carbocycles. The van der Waals surface area contributed by atoms with Crippen LogP contribution in [0.5, 0.6) is 0 Å². The van der Waals surface area contributed by atoms with Crippen LogP contribution in [0, 0.1) is 6.92 Å². The van der Waals surface area contributed by atoms with Crippen LogP contribution >= 0.6 is 22.9 Å². The first kappa shape index (κ1) is 22.9. The molecule has 0 atom stereocenters. The normalized spacial score (nSPS) is 11.5. The number of carbonyl (C=O) groups is 1. The van der Waals surface area contributed by atoms with E-state index in [0.717, 1.165) is 26.5 Å². The molecule has 0 saturated carbocycles. The molecule has 0 unspecified atom stereocenters. The molecule has 2 heterocycles. The Labute approximate surface area is 198 Å². The van der Waals surface area contributed by atoms with E-state index in [4.69, 9.17) is 11.6 Å². The van der Waals surface area contributed by atoms with Gasteiger partial charge in [-0.1, -0.05) is 23.7 Å². The topological polar surface area (TPSA) is 109 Å². The second-order valence-corrected chi connectivity index (χ2v) is 9.74. The number of amides is 1. The summed E-state index contributed by atoms with van der Waals surface area (Å²) in [6, 6.07) is 12.8. The first-order valence-electron chi connectivity index (χ1n) is 10.1. The first-order chi connectivity index (χ1) is 15.6. The number of halogens is 1. The number of nitrogens with one attached hydrogen (secondary N) is 2. The molecule has 0 spiro atoms. The number of aliphatic hydroxyl groups is 1. The molecule has 0 aliphatic carbocycles. The van der Waals surface area contributed by atoms with Crippen molar-refractivity contribution in [2.45, 2.75) is 32.9 Å². The molecule has 0 aliphatic heterocycles. The zero-order chi connectivity index (χ0) is 23.8. The fourth-order valence-electron chi connectivity index (χ4n) is 3.12. The minimum Gasteiger partial charge on any atom is -0.381 e. The number of aryl methyl sites for hydroxylation is 1. The van der Waals surface area contributed by atoms with Crippen molar-refractivity contribution in [3.63, 3.8) is 0 Å². The number of rotatable bonds is 6. The van der Waals surface area contributed by atoms with Crippen LogP contribution in [-0.4, -0.2) is 31.1 Å². The summed E-state index contributed by atoms with van der Waals surface area (Å²) in [6.07, 6.45) is 1.28. The van der Waals surface area contributed by atoms with E-state index in [2.05, 4.69) is 20.6 Å². The molecular formula is C23H22ClN5O3S. The molecule has 33 heavy (non-hydrogen) atoms. The molecule has 3 N–H and O–H groups in total. The number of hydrogen-bond donors (Lipinski definition) is 3. The summed E-state index contributed by atoms with van der Waals surface area (Å²) < 4.78 is 2.43. The van der Waals surface area contributed by atoms with E-state index in [1.165, 1.54) is 24.6 Å². The van der Waals surface area contributed by atoms with Gasteiger partial charge < -0.3 is 15.7 Å². The molecule has 4 aromatic rings. The monoisotopic (exact) mass is 483 g/mol. The number of aromatic nitrogens is 3. The summed E-state index contributed by atoms with van der Waals surface area (Å²) in [7, 11) is 0. The number of fused-ring (bicyclic) bond motifs is 1. The van der Waals surface area contributed by atoms with Crippen LogP contribution < -0.4 is 16.2 Å². The van der Waals surface area contributed by atoms with Gasteiger partial charge in [0.15, 0.2) is 0 Å². The summed E-state index contributed by atoms with van der Waals surface area (Å²) >= 11 is 7.57. The molecule has 1 amide bonds. The van der Waals surface area contributed by atoms with Crippen LogP contribution in [0.4, 0.5) is 17.3 Å². The highest BCUT2D eigenvalue weighted by Crippen LogP contribution is 2.26. The standard InChI is InChI=1S/C23H22ClN5O3S/c1-13-26-17-9-8-16(10-19(17)33-13)27-22-25-11-18(28-21(31)23(2,3)32)20(30)29(22)12-14-4-6-15(24)7-5-14/h4-11,32H,12H2,1-3H3,(H,25,27)(H,28,31). The van der Waals surface area contributed by atoms with Crippen LogP contribution in [0.15, 0.2) is 53.5 Å². The summed E-state index contributed by atoms with van der Waals surface area (Å²) in [5, 5.41) is 17.1. The van der Waals surface area contributed by atoms with Gasteiger partial charge in [0, 0.05) is 10.7 Å². The molecule has 10 heteroatoms. The number of benzene rings is 2. The SMILES string of the molecule is Cc1nc2ccc(Nc3ncc(NC(=O)C(C)(C)O)c(=O)n3Cc3ccc(Cl)cc3)cc2s1. The predicted molar refractivity (Wildman–Crippen MR) is 132 cm³/mol. The van der Waals surface area contributed by atoms with Crippen LogP contribution in [0.1, 0.15) is 24.4 Å². The summed E-state index contributed by atoms with van der Waals surface area (Å²) in [4.78, 5) is 34.4. The summed E-state index contributed by atoms with van der Waals surface area (Å²) in [5.41, 5.74) is 0.332. The van der Waals surface area contributed by atoms with E-state index in [-0.39, 0.29) is 12.2 Å². The second-order valence-electron chi connectivity index (χ2n) is 8.07. The Morgan fingerprint density at radius 3 is 2.64 bits per heavy atom. The fourth-order valence-corrected chi connectivity index (χ4v) is 4.11. The lowest BCUT2D eigenvalue weighted by Crippen LogP contribution is -2.39. The lowest BCUT2D eigenvalue weighted by Gasteiger charge is -2.18. The van der Waals surface area contributed by atoms with Gasteiger partial charge in [0.25, 0.3) is 11.5 Å². The first-order valence-corrected chi connectivity index (χ1v) is 11.3. The van der Waals surface area contributed by atoms with E-state index < -0.39 is 17.1 Å². The Morgan fingerprint density at radius 2 is 1.94 bits per heavy atom. The van der Waals surface area contributed by atoms with Crippen molar-refractivity contribution in [2.24, 2.45) is 0 Å². The van der Waals surface area contributed by atoms with E-state index in [1.807, 2.05) is 37.3 Å². The van der Waals surface area contributed by atoms with Crippen LogP contribution in [0.3, 0.4) is 0 Å². The molecular weight excluding hydrogens is 462 g/mol. The van der Waals surface area contributed by atoms with Crippen molar-refractivity contribution in [1.29, 1.82) is 0 Å². The Balaban J connectivity index is 1.73. The molecule has 0 bridgehead atoms. The molecule has 0 saturated heterocycles.